The summed E-state index contributed by atoms with van der Waals surface area (Å²) in [4.78, 5) is 2.30. The zero-order chi connectivity index (χ0) is 15.7. The first-order chi connectivity index (χ1) is 10.1. The van der Waals surface area contributed by atoms with Gasteiger partial charge in [-0.2, -0.15) is 0 Å². The molecule has 3 nitrogen and oxygen atoms in total. The Kier molecular flexibility index (Phi) is 7.16. The molecule has 0 N–H and O–H groups in total. The van der Waals surface area contributed by atoms with E-state index in [1.54, 1.807) is 14.2 Å². The number of ether oxygens (including phenoxy) is 2. The van der Waals surface area contributed by atoms with Crippen LogP contribution in [0.2, 0.25) is 0 Å². The summed E-state index contributed by atoms with van der Waals surface area (Å²) in [6.07, 6.45) is 6.03. The van der Waals surface area contributed by atoms with E-state index >= 15 is 0 Å². The lowest BCUT2D eigenvalue weighted by molar-refractivity contribution is 0.309. The number of nitrogens with zero attached hydrogens (tertiary/aromatic N) is 1. The fourth-order valence-corrected chi connectivity index (χ4v) is 1.91. The Morgan fingerprint density at radius 1 is 1.19 bits per heavy atom. The van der Waals surface area contributed by atoms with E-state index in [4.69, 9.17) is 9.47 Å². The molecule has 0 saturated heterocycles. The molecule has 0 spiro atoms. The normalized spacial score (nSPS) is 11.5. The van der Waals surface area contributed by atoms with Crippen molar-refractivity contribution in [3.05, 3.63) is 60.4 Å². The van der Waals surface area contributed by atoms with Crippen LogP contribution in [0.4, 0.5) is 5.69 Å². The SMILES string of the molecule is C=C(/C=C\C(=C/C)CN(CC)c1ccc(OC)cc1)OC. The van der Waals surface area contributed by atoms with Crippen LogP contribution in [0.5, 0.6) is 5.75 Å². The predicted molar refractivity (Wildman–Crippen MR) is 89.9 cm³/mol. The molecular formula is C18H25NO2. The van der Waals surface area contributed by atoms with Crippen LogP contribution in [0.25, 0.3) is 0 Å². The third-order valence-corrected chi connectivity index (χ3v) is 3.31. The lowest BCUT2D eigenvalue weighted by Gasteiger charge is -2.24. The molecule has 114 valence electrons. The van der Waals surface area contributed by atoms with Gasteiger partial charge in [-0.15, -0.1) is 0 Å². The molecule has 1 rings (SSSR count). The smallest absolute Gasteiger partial charge is 0.119 e. The first-order valence-corrected chi connectivity index (χ1v) is 7.09. The van der Waals surface area contributed by atoms with Gasteiger partial charge in [-0.25, -0.2) is 0 Å². The van der Waals surface area contributed by atoms with Gasteiger partial charge < -0.3 is 14.4 Å². The highest BCUT2D eigenvalue weighted by Gasteiger charge is 2.05. The fourth-order valence-electron chi connectivity index (χ4n) is 1.91. The van der Waals surface area contributed by atoms with Gasteiger partial charge in [0.05, 0.1) is 14.2 Å². The van der Waals surface area contributed by atoms with E-state index in [0.717, 1.165) is 18.8 Å². The quantitative estimate of drug-likeness (QED) is 0.529. The van der Waals surface area contributed by atoms with Crippen molar-refractivity contribution in [2.75, 3.05) is 32.2 Å². The van der Waals surface area contributed by atoms with E-state index in [1.807, 2.05) is 31.2 Å². The maximum absolute atomic E-state index is 5.20. The van der Waals surface area contributed by atoms with Crippen molar-refractivity contribution in [1.29, 1.82) is 0 Å². The van der Waals surface area contributed by atoms with Crippen LogP contribution in [0.3, 0.4) is 0 Å². The molecule has 0 fully saturated rings. The zero-order valence-corrected chi connectivity index (χ0v) is 13.4. The van der Waals surface area contributed by atoms with Crippen molar-refractivity contribution in [1.82, 2.24) is 0 Å². The number of rotatable bonds is 8. The van der Waals surface area contributed by atoms with E-state index in [0.29, 0.717) is 5.76 Å². The van der Waals surface area contributed by atoms with Gasteiger partial charge in [0.2, 0.25) is 0 Å². The first kappa shape index (κ1) is 16.9. The van der Waals surface area contributed by atoms with Crippen molar-refractivity contribution >= 4 is 5.69 Å². The maximum Gasteiger partial charge on any atom is 0.119 e. The second kappa shape index (κ2) is 8.90. The first-order valence-electron chi connectivity index (χ1n) is 7.09. The molecule has 0 atom stereocenters. The standard InChI is InChI=1S/C18H25NO2/c1-6-16(9-8-15(3)20-4)14-19(7-2)17-10-12-18(21-5)13-11-17/h6,8-13H,3,7,14H2,1-2,4-5H3/b9-8-,16-6+. The van der Waals surface area contributed by atoms with Gasteiger partial charge >= 0.3 is 0 Å². The number of hydrogen-bond donors (Lipinski definition) is 0. The second-order valence-electron chi connectivity index (χ2n) is 4.58. The molecule has 0 aliphatic rings. The Morgan fingerprint density at radius 3 is 2.33 bits per heavy atom. The lowest BCUT2D eigenvalue weighted by atomic mass is 10.2. The molecule has 1 aromatic rings. The molecule has 3 heteroatoms. The van der Waals surface area contributed by atoms with Gasteiger partial charge in [-0.1, -0.05) is 18.7 Å². The van der Waals surface area contributed by atoms with E-state index in [1.165, 1.54) is 11.3 Å². The Hall–Kier alpha value is -2.16. The van der Waals surface area contributed by atoms with Crippen LogP contribution in [-0.2, 0) is 4.74 Å². The Bertz CT molecular complexity index is 500. The van der Waals surface area contributed by atoms with Gasteiger partial charge in [0.15, 0.2) is 0 Å². The van der Waals surface area contributed by atoms with Crippen molar-refractivity contribution in [3.8, 4) is 5.75 Å². The molecule has 0 aromatic heterocycles. The highest BCUT2D eigenvalue weighted by Crippen LogP contribution is 2.20. The number of benzene rings is 1. The average Bonchev–Trinajstić information content (AvgIpc) is 2.55. The summed E-state index contributed by atoms with van der Waals surface area (Å²) < 4.78 is 10.2. The average molecular weight is 287 g/mol. The molecule has 0 aliphatic heterocycles. The van der Waals surface area contributed by atoms with Gasteiger partial charge in [0.25, 0.3) is 0 Å². The summed E-state index contributed by atoms with van der Waals surface area (Å²) in [5.74, 6) is 1.53. The summed E-state index contributed by atoms with van der Waals surface area (Å²) in [5.41, 5.74) is 2.39. The largest absolute Gasteiger partial charge is 0.497 e. The molecule has 0 amide bonds. The predicted octanol–water partition coefficient (Wildman–Crippen LogP) is 4.18. The third kappa shape index (κ3) is 5.38. The van der Waals surface area contributed by atoms with E-state index < -0.39 is 0 Å². The minimum Gasteiger partial charge on any atom is -0.497 e. The fraction of sp³-hybridized carbons (Fsp3) is 0.333. The molecular weight excluding hydrogens is 262 g/mol. The molecule has 1 aromatic carbocycles. The Labute approximate surface area is 128 Å². The second-order valence-corrected chi connectivity index (χ2v) is 4.58. The van der Waals surface area contributed by atoms with Gasteiger partial charge in [-0.3, -0.25) is 0 Å². The van der Waals surface area contributed by atoms with Crippen LogP contribution in [0, 0.1) is 0 Å². The van der Waals surface area contributed by atoms with E-state index in [-0.39, 0.29) is 0 Å². The van der Waals surface area contributed by atoms with E-state index in [9.17, 15) is 0 Å². The zero-order valence-electron chi connectivity index (χ0n) is 13.4. The highest BCUT2D eigenvalue weighted by molar-refractivity contribution is 5.50. The van der Waals surface area contributed by atoms with Crippen molar-refractivity contribution in [2.45, 2.75) is 13.8 Å². The van der Waals surface area contributed by atoms with E-state index in [2.05, 4.69) is 36.6 Å². The number of likely N-dealkylation sites (N-methyl/N-ethyl adjacent to an activating group) is 1. The summed E-state index contributed by atoms with van der Waals surface area (Å²) in [5, 5.41) is 0. The molecule has 0 saturated carbocycles. The highest BCUT2D eigenvalue weighted by atomic mass is 16.5. The van der Waals surface area contributed by atoms with Crippen LogP contribution in [0.15, 0.2) is 60.4 Å². The lowest BCUT2D eigenvalue weighted by Crippen LogP contribution is -2.24. The summed E-state index contributed by atoms with van der Waals surface area (Å²) >= 11 is 0. The summed E-state index contributed by atoms with van der Waals surface area (Å²) in [6, 6.07) is 8.12. The van der Waals surface area contributed by atoms with Gasteiger partial charge in [-0.05, 0) is 49.8 Å². The van der Waals surface area contributed by atoms with Crippen molar-refractivity contribution in [3.63, 3.8) is 0 Å². The van der Waals surface area contributed by atoms with Crippen molar-refractivity contribution in [2.24, 2.45) is 0 Å². The van der Waals surface area contributed by atoms with Gasteiger partial charge in [0.1, 0.15) is 11.5 Å². The van der Waals surface area contributed by atoms with Gasteiger partial charge in [0, 0.05) is 18.8 Å². The summed E-state index contributed by atoms with van der Waals surface area (Å²) in [6.45, 7) is 9.75. The Morgan fingerprint density at radius 2 is 1.86 bits per heavy atom. The maximum atomic E-state index is 5.20. The topological polar surface area (TPSA) is 21.7 Å². The monoisotopic (exact) mass is 287 g/mol. The minimum absolute atomic E-state index is 0.654. The van der Waals surface area contributed by atoms with Crippen LogP contribution in [0.1, 0.15) is 13.8 Å². The van der Waals surface area contributed by atoms with Crippen LogP contribution < -0.4 is 9.64 Å². The minimum atomic E-state index is 0.654. The van der Waals surface area contributed by atoms with Crippen LogP contribution in [-0.4, -0.2) is 27.3 Å². The Balaban J connectivity index is 2.79. The number of allylic oxidation sites excluding steroid dienone is 2. The van der Waals surface area contributed by atoms with Crippen molar-refractivity contribution < 1.29 is 9.47 Å². The molecule has 0 aliphatic carbocycles. The number of hydrogen-bond acceptors (Lipinski definition) is 3. The number of methoxy groups -OCH3 is 2. The molecule has 0 heterocycles. The third-order valence-electron chi connectivity index (χ3n) is 3.31. The van der Waals surface area contributed by atoms with Crippen LogP contribution >= 0.6 is 0 Å². The molecule has 0 bridgehead atoms. The number of anilines is 1. The molecule has 0 unspecified atom stereocenters. The summed E-state index contributed by atoms with van der Waals surface area (Å²) in [7, 11) is 3.30. The molecule has 21 heavy (non-hydrogen) atoms. The molecule has 0 radical (unpaired) electrons.